The molecule has 1 saturated carbocycles. The van der Waals surface area contributed by atoms with Crippen LogP contribution in [0.5, 0.6) is 0 Å². The van der Waals surface area contributed by atoms with Gasteiger partial charge in [-0.05, 0) is 48.1 Å². The highest BCUT2D eigenvalue weighted by atomic mass is 16.4. The lowest BCUT2D eigenvalue weighted by molar-refractivity contribution is -0.139. The normalized spacial score (nSPS) is 15.1. The number of nitrogens with one attached hydrogen (secondary N) is 3. The molecule has 1 fully saturated rings. The number of pyridine rings is 1. The Labute approximate surface area is 229 Å². The Bertz CT molecular complexity index is 1230. The molecule has 0 spiro atoms. The van der Waals surface area contributed by atoms with Crippen LogP contribution in [0.15, 0.2) is 79.0 Å². The van der Waals surface area contributed by atoms with Gasteiger partial charge in [0.25, 0.3) is 0 Å². The van der Waals surface area contributed by atoms with E-state index in [2.05, 4.69) is 20.9 Å². The zero-order chi connectivity index (χ0) is 27.5. The summed E-state index contributed by atoms with van der Waals surface area (Å²) >= 11 is 0. The van der Waals surface area contributed by atoms with Crippen molar-refractivity contribution in [2.45, 2.75) is 62.9 Å². The number of nitrogens with zero attached hydrogens (tertiary/aromatic N) is 1. The molecule has 0 aliphatic heterocycles. The molecular formula is C31H36N4O4. The molecule has 39 heavy (non-hydrogen) atoms. The van der Waals surface area contributed by atoms with Crippen molar-refractivity contribution in [3.05, 3.63) is 84.6 Å². The smallest absolute Gasteiger partial charge is 0.305 e. The number of amides is 2. The van der Waals surface area contributed by atoms with Crippen molar-refractivity contribution in [2.75, 3.05) is 11.9 Å². The van der Waals surface area contributed by atoms with Crippen LogP contribution in [0.3, 0.4) is 0 Å². The van der Waals surface area contributed by atoms with Crippen LogP contribution in [-0.4, -0.2) is 40.0 Å². The molecule has 1 atom stereocenters. The van der Waals surface area contributed by atoms with Crippen LogP contribution < -0.4 is 16.0 Å². The maximum atomic E-state index is 13.7. The predicted molar refractivity (Wildman–Crippen MR) is 151 cm³/mol. The Morgan fingerprint density at radius 2 is 1.56 bits per heavy atom. The average Bonchev–Trinajstić information content (AvgIpc) is 2.96. The molecule has 8 heteroatoms. The highest BCUT2D eigenvalue weighted by molar-refractivity contribution is 5.92. The minimum Gasteiger partial charge on any atom is -0.481 e. The van der Waals surface area contributed by atoms with Crippen molar-refractivity contribution < 1.29 is 19.5 Å². The highest BCUT2D eigenvalue weighted by Crippen LogP contribution is 2.31. The van der Waals surface area contributed by atoms with Crippen molar-refractivity contribution >= 4 is 23.6 Å². The summed E-state index contributed by atoms with van der Waals surface area (Å²) in [5.41, 5.74) is 1.74. The van der Waals surface area contributed by atoms with E-state index in [1.165, 1.54) is 0 Å². The molecule has 0 radical (unpaired) electrons. The van der Waals surface area contributed by atoms with Gasteiger partial charge in [-0.2, -0.15) is 0 Å². The summed E-state index contributed by atoms with van der Waals surface area (Å²) in [5, 5.41) is 18.8. The second kappa shape index (κ2) is 13.6. The first-order chi connectivity index (χ1) is 18.9. The Kier molecular flexibility index (Phi) is 9.67. The fraction of sp³-hybridized carbons (Fsp3) is 0.355. The standard InChI is InChI=1S/C31H36N4O4/c36-28(13-9-21-33-27-12-5-8-20-32-27)35-31(18-6-2-7-19-31)30(39)34-26(22-29(37)38)25-16-14-24(15-17-25)23-10-3-1-4-11-23/h1,3-5,8,10-12,14-17,20,26H,2,6-7,9,13,18-19,21-22H2,(H,32,33)(H,34,39)(H,35,36)(H,37,38). The average molecular weight is 529 g/mol. The molecule has 8 nitrogen and oxygen atoms in total. The molecular weight excluding hydrogens is 492 g/mol. The van der Waals surface area contributed by atoms with Crippen LogP contribution in [0.1, 0.15) is 63.0 Å². The minimum absolute atomic E-state index is 0.183. The van der Waals surface area contributed by atoms with Gasteiger partial charge < -0.3 is 21.1 Å². The first-order valence-corrected chi connectivity index (χ1v) is 13.6. The highest BCUT2D eigenvalue weighted by Gasteiger charge is 2.41. The summed E-state index contributed by atoms with van der Waals surface area (Å²) in [7, 11) is 0. The van der Waals surface area contributed by atoms with Crippen molar-refractivity contribution in [1.29, 1.82) is 0 Å². The van der Waals surface area contributed by atoms with Crippen LogP contribution in [-0.2, 0) is 14.4 Å². The second-order valence-corrected chi connectivity index (χ2v) is 10.0. The summed E-state index contributed by atoms with van der Waals surface area (Å²) in [5.74, 6) is -0.755. The van der Waals surface area contributed by atoms with Crippen molar-refractivity contribution in [1.82, 2.24) is 15.6 Å². The molecule has 1 aliphatic rings. The van der Waals surface area contributed by atoms with E-state index in [4.69, 9.17) is 0 Å². The first-order valence-electron chi connectivity index (χ1n) is 13.6. The number of carbonyl (C=O) groups excluding carboxylic acids is 2. The van der Waals surface area contributed by atoms with Crippen molar-refractivity contribution in [3.8, 4) is 11.1 Å². The fourth-order valence-corrected chi connectivity index (χ4v) is 5.09. The van der Waals surface area contributed by atoms with Gasteiger partial charge >= 0.3 is 5.97 Å². The number of hydrogen-bond donors (Lipinski definition) is 4. The third-order valence-electron chi connectivity index (χ3n) is 7.18. The first kappa shape index (κ1) is 27.8. The summed E-state index contributed by atoms with van der Waals surface area (Å²) in [4.78, 5) is 42.5. The molecule has 1 aliphatic carbocycles. The molecule has 2 aromatic carbocycles. The number of hydrogen-bond acceptors (Lipinski definition) is 5. The largest absolute Gasteiger partial charge is 0.481 e. The minimum atomic E-state index is -1.04. The van der Waals surface area contributed by atoms with Crippen LogP contribution in [0.2, 0.25) is 0 Å². The van der Waals surface area contributed by atoms with Crippen LogP contribution in [0.25, 0.3) is 11.1 Å². The molecule has 204 valence electrons. The molecule has 0 saturated heterocycles. The zero-order valence-corrected chi connectivity index (χ0v) is 22.1. The summed E-state index contributed by atoms with van der Waals surface area (Å²) in [6, 6.07) is 22.4. The fourth-order valence-electron chi connectivity index (χ4n) is 5.09. The van der Waals surface area contributed by atoms with E-state index < -0.39 is 17.6 Å². The summed E-state index contributed by atoms with van der Waals surface area (Å²) < 4.78 is 0. The zero-order valence-electron chi connectivity index (χ0n) is 22.1. The maximum absolute atomic E-state index is 13.7. The molecule has 3 aromatic rings. The Balaban J connectivity index is 1.41. The number of aromatic nitrogens is 1. The van der Waals surface area contributed by atoms with E-state index in [1.54, 1.807) is 6.20 Å². The third-order valence-corrected chi connectivity index (χ3v) is 7.18. The van der Waals surface area contributed by atoms with Crippen LogP contribution in [0.4, 0.5) is 5.82 Å². The van der Waals surface area contributed by atoms with Crippen LogP contribution in [0, 0.1) is 0 Å². The number of aliphatic carboxylic acids is 1. The van der Waals surface area contributed by atoms with E-state index in [9.17, 15) is 19.5 Å². The van der Waals surface area contributed by atoms with Gasteiger partial charge in [0.05, 0.1) is 12.5 Å². The molecule has 1 unspecified atom stereocenters. The number of benzene rings is 2. The second-order valence-electron chi connectivity index (χ2n) is 10.0. The van der Waals surface area contributed by atoms with E-state index in [0.29, 0.717) is 31.4 Å². The van der Waals surface area contributed by atoms with Gasteiger partial charge in [0, 0.05) is 19.2 Å². The number of carbonyl (C=O) groups is 3. The van der Waals surface area contributed by atoms with E-state index in [1.807, 2.05) is 72.8 Å². The SMILES string of the molecule is O=C(O)CC(NC(=O)C1(NC(=O)CCCNc2ccccn2)CCCCC1)c1ccc(-c2ccccc2)cc1. The molecule has 4 rings (SSSR count). The Morgan fingerprint density at radius 3 is 2.23 bits per heavy atom. The lowest BCUT2D eigenvalue weighted by Crippen LogP contribution is -2.60. The number of anilines is 1. The predicted octanol–water partition coefficient (Wildman–Crippen LogP) is 5.09. The Morgan fingerprint density at radius 1 is 0.872 bits per heavy atom. The molecule has 1 aromatic heterocycles. The quantitative estimate of drug-likeness (QED) is 0.243. The van der Waals surface area contributed by atoms with E-state index >= 15 is 0 Å². The van der Waals surface area contributed by atoms with Gasteiger partial charge in [-0.1, -0.05) is 79.9 Å². The van der Waals surface area contributed by atoms with Gasteiger partial charge in [-0.25, -0.2) is 4.98 Å². The number of rotatable bonds is 12. The summed E-state index contributed by atoms with van der Waals surface area (Å²) in [6.07, 6.45) is 6.03. The van der Waals surface area contributed by atoms with Gasteiger partial charge in [-0.3, -0.25) is 14.4 Å². The van der Waals surface area contributed by atoms with Crippen molar-refractivity contribution in [3.63, 3.8) is 0 Å². The molecule has 4 N–H and O–H groups in total. The van der Waals surface area contributed by atoms with Gasteiger partial charge in [-0.15, -0.1) is 0 Å². The third kappa shape index (κ3) is 7.89. The molecule has 2 amide bonds. The molecule has 0 bridgehead atoms. The van der Waals surface area contributed by atoms with E-state index in [-0.39, 0.29) is 24.7 Å². The topological polar surface area (TPSA) is 120 Å². The number of carboxylic acids is 1. The monoisotopic (exact) mass is 528 g/mol. The molecule has 1 heterocycles. The number of carboxylic acid groups (broad SMARTS) is 1. The Hall–Kier alpha value is -4.20. The van der Waals surface area contributed by atoms with Gasteiger partial charge in [0.1, 0.15) is 11.4 Å². The maximum Gasteiger partial charge on any atom is 0.305 e. The van der Waals surface area contributed by atoms with Crippen molar-refractivity contribution in [2.24, 2.45) is 0 Å². The van der Waals surface area contributed by atoms with E-state index in [0.717, 1.165) is 36.2 Å². The lowest BCUT2D eigenvalue weighted by Gasteiger charge is -2.38. The van der Waals surface area contributed by atoms with Gasteiger partial charge in [0.2, 0.25) is 11.8 Å². The lowest BCUT2D eigenvalue weighted by atomic mass is 9.80. The summed E-state index contributed by atoms with van der Waals surface area (Å²) in [6.45, 7) is 0.587. The van der Waals surface area contributed by atoms with Crippen LogP contribution >= 0.6 is 0 Å². The van der Waals surface area contributed by atoms with Gasteiger partial charge in [0.15, 0.2) is 0 Å².